The zero-order valence-corrected chi connectivity index (χ0v) is 12.3. The van der Waals surface area contributed by atoms with Crippen LogP contribution in [0, 0.1) is 18.3 Å². The molecule has 1 amide bonds. The van der Waals surface area contributed by atoms with Crippen LogP contribution in [0.5, 0.6) is 0 Å². The highest BCUT2D eigenvalue weighted by atomic mass is 79.9. The van der Waals surface area contributed by atoms with Crippen molar-refractivity contribution in [3.8, 4) is 0 Å². The minimum absolute atomic E-state index is 0.0933. The van der Waals surface area contributed by atoms with Crippen LogP contribution in [0.15, 0.2) is 9.85 Å². The number of hydrogen-bond acceptors (Lipinski definition) is 2. The van der Waals surface area contributed by atoms with Crippen LogP contribution in [-0.2, 0) is 0 Å². The topological polar surface area (TPSA) is 29.1 Å². The molecule has 1 aromatic rings. The third-order valence-electron chi connectivity index (χ3n) is 4.02. The molecular weight excluding hydrogens is 298 g/mol. The Bertz CT molecular complexity index is 440. The van der Waals surface area contributed by atoms with Gasteiger partial charge in [0.25, 0.3) is 5.91 Å². The van der Waals surface area contributed by atoms with Gasteiger partial charge in [0.05, 0.1) is 8.66 Å². The molecule has 2 nitrogen and oxygen atoms in total. The maximum absolute atomic E-state index is 12.0. The first-order valence-electron chi connectivity index (χ1n) is 6.15. The Kier molecular flexibility index (Phi) is 2.82. The highest BCUT2D eigenvalue weighted by Crippen LogP contribution is 2.60. The molecule has 3 rings (SSSR count). The van der Waals surface area contributed by atoms with Crippen molar-refractivity contribution >= 4 is 33.2 Å². The first-order valence-corrected chi connectivity index (χ1v) is 7.76. The van der Waals surface area contributed by atoms with Crippen LogP contribution in [0.1, 0.15) is 40.9 Å². The molecule has 0 atom stereocenters. The fraction of sp³-hybridized carbons (Fsp3) is 0.615. The summed E-state index contributed by atoms with van der Waals surface area (Å²) in [5.74, 6) is 0.996. The maximum atomic E-state index is 12.0. The number of thiophene rings is 1. The molecule has 2 aliphatic rings. The number of aryl methyl sites for hydroxylation is 1. The summed E-state index contributed by atoms with van der Waals surface area (Å²) in [5, 5.41) is 3.11. The predicted molar refractivity (Wildman–Crippen MR) is 73.5 cm³/mol. The second-order valence-corrected chi connectivity index (χ2v) is 7.76. The predicted octanol–water partition coefficient (Wildman–Crippen LogP) is 3.74. The number of hydrogen-bond donors (Lipinski definition) is 1. The standard InChI is InChI=1S/C13H16BrNOS/c1-8-6-10(17-11(8)14)12(16)15-7-13(4-5-13)9-2-3-9/h6,9H,2-5,7H2,1H3,(H,15,16). The van der Waals surface area contributed by atoms with Gasteiger partial charge in [0.1, 0.15) is 0 Å². The molecule has 0 spiro atoms. The zero-order chi connectivity index (χ0) is 12.0. The van der Waals surface area contributed by atoms with Gasteiger partial charge in [0.15, 0.2) is 0 Å². The lowest BCUT2D eigenvalue weighted by molar-refractivity contribution is 0.0946. The van der Waals surface area contributed by atoms with Gasteiger partial charge in [-0.2, -0.15) is 0 Å². The summed E-state index contributed by atoms with van der Waals surface area (Å²) >= 11 is 4.98. The van der Waals surface area contributed by atoms with E-state index in [0.717, 1.165) is 26.7 Å². The SMILES string of the molecule is Cc1cc(C(=O)NCC2(C3CC3)CC2)sc1Br. The molecule has 0 unspecified atom stereocenters. The van der Waals surface area contributed by atoms with Crippen LogP contribution in [0.4, 0.5) is 0 Å². The minimum Gasteiger partial charge on any atom is -0.351 e. The van der Waals surface area contributed by atoms with Crippen LogP contribution in [-0.4, -0.2) is 12.5 Å². The number of halogens is 1. The molecule has 2 fully saturated rings. The fourth-order valence-corrected chi connectivity index (χ4v) is 3.95. The van der Waals surface area contributed by atoms with Crippen molar-refractivity contribution < 1.29 is 4.79 Å². The van der Waals surface area contributed by atoms with Crippen molar-refractivity contribution in [2.24, 2.45) is 11.3 Å². The third-order valence-corrected chi connectivity index (χ3v) is 6.15. The highest BCUT2D eigenvalue weighted by Gasteiger charge is 2.53. The van der Waals surface area contributed by atoms with Gasteiger partial charge in [-0.15, -0.1) is 11.3 Å². The van der Waals surface area contributed by atoms with Gasteiger partial charge >= 0.3 is 0 Å². The first kappa shape index (κ1) is 11.7. The van der Waals surface area contributed by atoms with Gasteiger partial charge in [-0.25, -0.2) is 0 Å². The molecule has 4 heteroatoms. The first-order chi connectivity index (χ1) is 8.11. The molecule has 17 heavy (non-hydrogen) atoms. The average molecular weight is 314 g/mol. The normalized spacial score (nSPS) is 21.3. The second kappa shape index (κ2) is 4.09. The number of nitrogens with one attached hydrogen (secondary N) is 1. The molecule has 2 saturated carbocycles. The Morgan fingerprint density at radius 2 is 2.29 bits per heavy atom. The van der Waals surface area contributed by atoms with Crippen molar-refractivity contribution in [3.63, 3.8) is 0 Å². The lowest BCUT2D eigenvalue weighted by atomic mass is 10.0. The van der Waals surface area contributed by atoms with Crippen LogP contribution < -0.4 is 5.32 Å². The van der Waals surface area contributed by atoms with E-state index < -0.39 is 0 Å². The molecule has 92 valence electrons. The van der Waals surface area contributed by atoms with Gasteiger partial charge in [-0.3, -0.25) is 4.79 Å². The smallest absolute Gasteiger partial charge is 0.261 e. The van der Waals surface area contributed by atoms with Gasteiger partial charge < -0.3 is 5.32 Å². The summed E-state index contributed by atoms with van der Waals surface area (Å²) in [6, 6.07) is 1.96. The average Bonchev–Trinajstić information content (AvgIpc) is 3.16. The van der Waals surface area contributed by atoms with E-state index in [1.807, 2.05) is 13.0 Å². The Morgan fingerprint density at radius 1 is 1.59 bits per heavy atom. The Morgan fingerprint density at radius 3 is 2.76 bits per heavy atom. The third kappa shape index (κ3) is 2.29. The molecule has 0 radical (unpaired) electrons. The van der Waals surface area contributed by atoms with Gasteiger partial charge in [0.2, 0.25) is 0 Å². The molecule has 0 bridgehead atoms. The van der Waals surface area contributed by atoms with Crippen LogP contribution >= 0.6 is 27.3 Å². The Hall–Kier alpha value is -0.350. The summed E-state index contributed by atoms with van der Waals surface area (Å²) in [7, 11) is 0. The Balaban J connectivity index is 1.60. The molecule has 1 N–H and O–H groups in total. The number of amides is 1. The molecular formula is C13H16BrNOS. The summed E-state index contributed by atoms with van der Waals surface area (Å²) in [6.45, 7) is 2.90. The van der Waals surface area contributed by atoms with Crippen molar-refractivity contribution in [1.82, 2.24) is 5.32 Å². The van der Waals surface area contributed by atoms with E-state index in [2.05, 4.69) is 21.2 Å². The van der Waals surface area contributed by atoms with Gasteiger partial charge in [-0.05, 0) is 71.5 Å². The number of rotatable bonds is 4. The van der Waals surface area contributed by atoms with Crippen LogP contribution in [0.2, 0.25) is 0 Å². The molecule has 0 saturated heterocycles. The highest BCUT2D eigenvalue weighted by molar-refractivity contribution is 9.11. The molecule has 0 aromatic carbocycles. The van der Waals surface area contributed by atoms with Gasteiger partial charge in [0, 0.05) is 6.54 Å². The second-order valence-electron chi connectivity index (χ2n) is 5.39. The van der Waals surface area contributed by atoms with E-state index in [9.17, 15) is 4.79 Å². The van der Waals surface area contributed by atoms with Crippen LogP contribution in [0.25, 0.3) is 0 Å². The molecule has 1 aromatic heterocycles. The fourth-order valence-electron chi connectivity index (χ4n) is 2.50. The lowest BCUT2D eigenvalue weighted by Crippen LogP contribution is -2.30. The summed E-state index contributed by atoms with van der Waals surface area (Å²) in [4.78, 5) is 12.8. The summed E-state index contributed by atoms with van der Waals surface area (Å²) < 4.78 is 1.06. The molecule has 2 aliphatic carbocycles. The number of carbonyl (C=O) groups excluding carboxylic acids is 1. The van der Waals surface area contributed by atoms with Crippen molar-refractivity contribution in [2.75, 3.05) is 6.54 Å². The summed E-state index contributed by atoms with van der Waals surface area (Å²) in [5.41, 5.74) is 1.63. The zero-order valence-electron chi connectivity index (χ0n) is 9.88. The van der Waals surface area contributed by atoms with E-state index >= 15 is 0 Å². The van der Waals surface area contributed by atoms with Crippen molar-refractivity contribution in [2.45, 2.75) is 32.6 Å². The van der Waals surface area contributed by atoms with E-state index in [1.165, 1.54) is 37.0 Å². The number of carbonyl (C=O) groups is 1. The van der Waals surface area contributed by atoms with E-state index in [0.29, 0.717) is 5.41 Å². The lowest BCUT2D eigenvalue weighted by Gasteiger charge is -2.14. The Labute approximate surface area is 114 Å². The van der Waals surface area contributed by atoms with E-state index in [4.69, 9.17) is 0 Å². The largest absolute Gasteiger partial charge is 0.351 e. The molecule has 1 heterocycles. The monoisotopic (exact) mass is 313 g/mol. The van der Waals surface area contributed by atoms with Gasteiger partial charge in [-0.1, -0.05) is 0 Å². The van der Waals surface area contributed by atoms with E-state index in [-0.39, 0.29) is 5.91 Å². The quantitative estimate of drug-likeness (QED) is 0.901. The molecule has 0 aliphatic heterocycles. The van der Waals surface area contributed by atoms with Crippen molar-refractivity contribution in [3.05, 3.63) is 20.3 Å². The van der Waals surface area contributed by atoms with Crippen molar-refractivity contribution in [1.29, 1.82) is 0 Å². The van der Waals surface area contributed by atoms with Crippen LogP contribution in [0.3, 0.4) is 0 Å². The maximum Gasteiger partial charge on any atom is 0.261 e. The minimum atomic E-state index is 0.0933. The van der Waals surface area contributed by atoms with E-state index in [1.54, 1.807) is 0 Å². The summed E-state index contributed by atoms with van der Waals surface area (Å²) in [6.07, 6.45) is 5.37.